The van der Waals surface area contributed by atoms with Crippen molar-refractivity contribution in [1.82, 2.24) is 5.32 Å². The van der Waals surface area contributed by atoms with Crippen LogP contribution in [-0.2, 0) is 21.2 Å². The van der Waals surface area contributed by atoms with E-state index in [2.05, 4.69) is 5.32 Å². The van der Waals surface area contributed by atoms with E-state index in [0.29, 0.717) is 13.0 Å². The van der Waals surface area contributed by atoms with E-state index in [1.54, 1.807) is 7.11 Å². The number of sulfonamides is 1. The Morgan fingerprint density at radius 1 is 1.14 bits per heavy atom. The molecule has 0 saturated carbocycles. The van der Waals surface area contributed by atoms with E-state index in [-0.39, 0.29) is 5.69 Å². The van der Waals surface area contributed by atoms with E-state index < -0.39 is 33.6 Å². The fourth-order valence-corrected chi connectivity index (χ4v) is 4.04. The normalized spacial score (nSPS) is 12.3. The van der Waals surface area contributed by atoms with Crippen LogP contribution < -0.4 is 14.4 Å². The number of rotatable bonds is 9. The molecule has 2 aromatic carbocycles. The first-order valence-corrected chi connectivity index (χ1v) is 10.8. The van der Waals surface area contributed by atoms with Gasteiger partial charge in [0.2, 0.25) is 15.9 Å². The van der Waals surface area contributed by atoms with Crippen LogP contribution in [0.3, 0.4) is 0 Å². The Morgan fingerprint density at radius 3 is 2.34 bits per heavy atom. The number of ether oxygens (including phenoxy) is 1. The number of methoxy groups -OCH3 is 1. The van der Waals surface area contributed by atoms with Crippen LogP contribution in [0.5, 0.6) is 5.75 Å². The minimum Gasteiger partial charge on any atom is -0.497 e. The second-order valence-electron chi connectivity index (χ2n) is 6.58. The van der Waals surface area contributed by atoms with Crippen molar-refractivity contribution in [2.75, 3.05) is 24.2 Å². The Bertz CT molecular complexity index is 949. The summed E-state index contributed by atoms with van der Waals surface area (Å²) in [7, 11) is -2.31. The van der Waals surface area contributed by atoms with Crippen LogP contribution >= 0.6 is 0 Å². The summed E-state index contributed by atoms with van der Waals surface area (Å²) in [6.45, 7) is 1.73. The Kier molecular flexibility index (Phi) is 7.55. The lowest BCUT2D eigenvalue weighted by molar-refractivity contribution is -0.121. The second kappa shape index (κ2) is 9.69. The number of anilines is 1. The fraction of sp³-hybridized carbons (Fsp3) is 0.350. The minimum atomic E-state index is -3.90. The molecule has 2 aromatic rings. The summed E-state index contributed by atoms with van der Waals surface area (Å²) in [6.07, 6.45) is 2.27. The van der Waals surface area contributed by atoms with Gasteiger partial charge in [0.1, 0.15) is 11.8 Å². The lowest BCUT2D eigenvalue weighted by atomic mass is 10.1. The number of hydrogen-bond acceptors (Lipinski definition) is 4. The third kappa shape index (κ3) is 6.15. The molecule has 0 radical (unpaired) electrons. The quantitative estimate of drug-likeness (QED) is 0.626. The molecule has 0 saturated heterocycles. The molecular formula is C20H24F2N2O4S. The van der Waals surface area contributed by atoms with Crippen LogP contribution in [0.2, 0.25) is 0 Å². The van der Waals surface area contributed by atoms with E-state index in [1.807, 2.05) is 24.3 Å². The molecule has 0 fully saturated rings. The molecule has 0 aliphatic rings. The number of hydrogen-bond donors (Lipinski definition) is 1. The Hall–Kier alpha value is -2.68. The van der Waals surface area contributed by atoms with Crippen LogP contribution in [0.15, 0.2) is 42.5 Å². The first-order valence-electron chi connectivity index (χ1n) is 8.98. The molecule has 158 valence electrons. The summed E-state index contributed by atoms with van der Waals surface area (Å²) in [4.78, 5) is 12.4. The SMILES string of the molecule is COc1ccc(CCCNC(=O)C(C)N(c2ccc(F)c(F)c2)S(C)(=O)=O)cc1. The van der Waals surface area contributed by atoms with Crippen molar-refractivity contribution in [2.24, 2.45) is 0 Å². The number of nitrogens with zero attached hydrogens (tertiary/aromatic N) is 1. The molecule has 1 amide bonds. The van der Waals surface area contributed by atoms with E-state index in [0.717, 1.165) is 46.5 Å². The summed E-state index contributed by atoms with van der Waals surface area (Å²) < 4.78 is 56.9. The molecule has 1 N–H and O–H groups in total. The molecule has 0 heterocycles. The van der Waals surface area contributed by atoms with Gasteiger partial charge in [-0.3, -0.25) is 9.10 Å². The van der Waals surface area contributed by atoms with Gasteiger partial charge in [0, 0.05) is 12.6 Å². The highest BCUT2D eigenvalue weighted by atomic mass is 32.2. The molecule has 0 spiro atoms. The number of nitrogens with one attached hydrogen (secondary N) is 1. The highest BCUT2D eigenvalue weighted by Gasteiger charge is 2.29. The number of benzene rings is 2. The van der Waals surface area contributed by atoms with Crippen molar-refractivity contribution in [3.63, 3.8) is 0 Å². The van der Waals surface area contributed by atoms with Gasteiger partial charge < -0.3 is 10.1 Å². The lowest BCUT2D eigenvalue weighted by Gasteiger charge is -2.28. The van der Waals surface area contributed by atoms with Crippen LogP contribution in [0, 0.1) is 11.6 Å². The van der Waals surface area contributed by atoms with E-state index in [4.69, 9.17) is 4.74 Å². The smallest absolute Gasteiger partial charge is 0.243 e. The fourth-order valence-electron chi connectivity index (χ4n) is 2.87. The van der Waals surface area contributed by atoms with Gasteiger partial charge in [-0.2, -0.15) is 0 Å². The monoisotopic (exact) mass is 426 g/mol. The number of halogens is 2. The van der Waals surface area contributed by atoms with Crippen molar-refractivity contribution in [1.29, 1.82) is 0 Å². The van der Waals surface area contributed by atoms with Crippen molar-refractivity contribution in [3.8, 4) is 5.75 Å². The topological polar surface area (TPSA) is 75.7 Å². The zero-order chi connectivity index (χ0) is 21.6. The molecule has 2 rings (SSSR count). The van der Waals surface area contributed by atoms with Gasteiger partial charge in [-0.05, 0) is 49.6 Å². The minimum absolute atomic E-state index is 0.118. The summed E-state index contributed by atoms with van der Waals surface area (Å²) in [6, 6.07) is 9.12. The van der Waals surface area contributed by atoms with E-state index in [9.17, 15) is 22.0 Å². The molecule has 6 nitrogen and oxygen atoms in total. The van der Waals surface area contributed by atoms with Crippen molar-refractivity contribution in [3.05, 3.63) is 59.7 Å². The summed E-state index contributed by atoms with van der Waals surface area (Å²) in [5.41, 5.74) is 0.958. The van der Waals surface area contributed by atoms with Crippen LogP contribution in [-0.4, -0.2) is 40.3 Å². The molecular weight excluding hydrogens is 402 g/mol. The predicted octanol–water partition coefficient (Wildman–Crippen LogP) is 2.88. The van der Waals surface area contributed by atoms with E-state index >= 15 is 0 Å². The summed E-state index contributed by atoms with van der Waals surface area (Å²) >= 11 is 0. The van der Waals surface area contributed by atoms with Crippen LogP contribution in [0.4, 0.5) is 14.5 Å². The third-order valence-corrected chi connectivity index (χ3v) is 5.59. The standard InChI is InChI=1S/C20H24F2N2O4S/c1-14(24(29(3,26)27)16-8-11-18(21)19(22)13-16)20(25)23-12-4-5-15-6-9-17(28-2)10-7-15/h6-11,13-14H,4-5,12H2,1-3H3,(H,23,25). The van der Waals surface area contributed by atoms with Crippen LogP contribution in [0.1, 0.15) is 18.9 Å². The van der Waals surface area contributed by atoms with Crippen molar-refractivity contribution in [2.45, 2.75) is 25.8 Å². The maximum atomic E-state index is 13.5. The Morgan fingerprint density at radius 2 is 1.79 bits per heavy atom. The number of amides is 1. The number of carbonyl (C=O) groups is 1. The zero-order valence-electron chi connectivity index (χ0n) is 16.5. The molecule has 29 heavy (non-hydrogen) atoms. The maximum absolute atomic E-state index is 13.5. The van der Waals surface area contributed by atoms with Gasteiger partial charge in [0.15, 0.2) is 11.6 Å². The lowest BCUT2D eigenvalue weighted by Crippen LogP contribution is -2.48. The molecule has 1 atom stereocenters. The predicted molar refractivity (Wildman–Crippen MR) is 107 cm³/mol. The average molecular weight is 426 g/mol. The Balaban J connectivity index is 1.98. The molecule has 0 aliphatic heterocycles. The first kappa shape index (κ1) is 22.6. The van der Waals surface area contributed by atoms with Gasteiger partial charge in [-0.1, -0.05) is 12.1 Å². The van der Waals surface area contributed by atoms with Gasteiger partial charge >= 0.3 is 0 Å². The van der Waals surface area contributed by atoms with Gasteiger partial charge in [-0.15, -0.1) is 0 Å². The maximum Gasteiger partial charge on any atom is 0.243 e. The molecule has 1 unspecified atom stereocenters. The molecule has 0 aromatic heterocycles. The van der Waals surface area contributed by atoms with Gasteiger partial charge in [0.05, 0.1) is 19.1 Å². The first-order chi connectivity index (χ1) is 13.6. The van der Waals surface area contributed by atoms with Gasteiger partial charge in [-0.25, -0.2) is 17.2 Å². The molecule has 0 bridgehead atoms. The summed E-state index contributed by atoms with van der Waals surface area (Å²) in [5.74, 6) is -2.06. The summed E-state index contributed by atoms with van der Waals surface area (Å²) in [5, 5.41) is 2.69. The highest BCUT2D eigenvalue weighted by molar-refractivity contribution is 7.92. The highest BCUT2D eigenvalue weighted by Crippen LogP contribution is 2.23. The molecule has 9 heteroatoms. The Labute approximate surface area is 169 Å². The van der Waals surface area contributed by atoms with Crippen molar-refractivity contribution >= 4 is 21.6 Å². The zero-order valence-corrected chi connectivity index (χ0v) is 17.3. The second-order valence-corrected chi connectivity index (χ2v) is 8.44. The van der Waals surface area contributed by atoms with Gasteiger partial charge in [0.25, 0.3) is 0 Å². The van der Waals surface area contributed by atoms with E-state index in [1.165, 1.54) is 6.92 Å². The average Bonchev–Trinajstić information content (AvgIpc) is 2.67. The van der Waals surface area contributed by atoms with Crippen LogP contribution in [0.25, 0.3) is 0 Å². The van der Waals surface area contributed by atoms with Crippen molar-refractivity contribution < 1.29 is 26.7 Å². The largest absolute Gasteiger partial charge is 0.497 e. The number of carbonyl (C=O) groups excluding carboxylic acids is 1. The number of aryl methyl sites for hydroxylation is 1. The third-order valence-electron chi connectivity index (χ3n) is 4.35. The molecule has 0 aliphatic carbocycles.